The molecular formula is C16H18FNO5. The Morgan fingerprint density at radius 3 is 2.52 bits per heavy atom. The van der Waals surface area contributed by atoms with Crippen LogP contribution in [0.25, 0.3) is 11.0 Å². The van der Waals surface area contributed by atoms with Gasteiger partial charge in [-0.25, -0.2) is 14.0 Å². The summed E-state index contributed by atoms with van der Waals surface area (Å²) < 4.78 is 24.1. The number of fused-ring (bicyclic) bond motifs is 1. The first-order valence-electron chi connectivity index (χ1n) is 7.02. The third kappa shape index (κ3) is 4.00. The lowest BCUT2D eigenvalue weighted by Crippen LogP contribution is -2.33. The minimum Gasteiger partial charge on any atom is -0.478 e. The number of ether oxygens (including phenoxy) is 1. The summed E-state index contributed by atoms with van der Waals surface area (Å²) in [5, 5.41) is 12.0. The van der Waals surface area contributed by atoms with Crippen LogP contribution in [-0.2, 0) is 4.74 Å². The van der Waals surface area contributed by atoms with Crippen molar-refractivity contribution in [3.63, 3.8) is 0 Å². The van der Waals surface area contributed by atoms with Crippen LogP contribution in [0.2, 0.25) is 0 Å². The van der Waals surface area contributed by atoms with E-state index in [1.54, 1.807) is 27.7 Å². The number of amides is 1. The van der Waals surface area contributed by atoms with E-state index in [0.717, 1.165) is 6.07 Å². The quantitative estimate of drug-likeness (QED) is 0.895. The van der Waals surface area contributed by atoms with Crippen LogP contribution in [0.3, 0.4) is 0 Å². The SMILES string of the molecule is C[C@H](NC(=O)OC(C)(C)C)c1cc2cc(F)cc(C(=O)O)c2o1. The molecule has 1 amide bonds. The van der Waals surface area contributed by atoms with E-state index >= 15 is 0 Å². The second-order valence-electron chi connectivity index (χ2n) is 6.19. The van der Waals surface area contributed by atoms with Crippen molar-refractivity contribution < 1.29 is 28.2 Å². The molecule has 2 rings (SSSR count). The summed E-state index contributed by atoms with van der Waals surface area (Å²) in [4.78, 5) is 22.9. The first-order valence-corrected chi connectivity index (χ1v) is 7.02. The molecule has 1 atom stereocenters. The van der Waals surface area contributed by atoms with Gasteiger partial charge >= 0.3 is 12.1 Å². The summed E-state index contributed by atoms with van der Waals surface area (Å²) in [6.07, 6.45) is -0.630. The standard InChI is InChI=1S/C16H18FNO5/c1-8(18-15(21)23-16(2,3)4)12-6-9-5-10(17)7-11(14(19)20)13(9)22-12/h5-8H,1-4H3,(H,18,21)(H,19,20)/t8-/m0/s1. The van der Waals surface area contributed by atoms with Gasteiger partial charge in [0.25, 0.3) is 0 Å². The Morgan fingerprint density at radius 1 is 1.30 bits per heavy atom. The number of carbonyl (C=O) groups is 2. The van der Waals surface area contributed by atoms with Gasteiger partial charge in [0.2, 0.25) is 0 Å². The van der Waals surface area contributed by atoms with Gasteiger partial charge in [0.15, 0.2) is 0 Å². The van der Waals surface area contributed by atoms with E-state index in [0.29, 0.717) is 11.1 Å². The summed E-state index contributed by atoms with van der Waals surface area (Å²) in [6, 6.07) is 2.99. The average Bonchev–Trinajstić information content (AvgIpc) is 2.78. The smallest absolute Gasteiger partial charge is 0.408 e. The summed E-state index contributed by atoms with van der Waals surface area (Å²) in [5.41, 5.74) is -0.848. The number of aromatic carboxylic acids is 1. The zero-order valence-electron chi connectivity index (χ0n) is 13.3. The van der Waals surface area contributed by atoms with Crippen LogP contribution in [0.5, 0.6) is 0 Å². The molecule has 2 N–H and O–H groups in total. The van der Waals surface area contributed by atoms with E-state index in [4.69, 9.17) is 14.3 Å². The van der Waals surface area contributed by atoms with E-state index in [1.165, 1.54) is 12.1 Å². The third-order valence-corrected chi connectivity index (χ3v) is 2.99. The second kappa shape index (κ2) is 5.91. The Kier molecular flexibility index (Phi) is 4.31. The minimum atomic E-state index is -1.29. The molecule has 6 nitrogen and oxygen atoms in total. The van der Waals surface area contributed by atoms with Gasteiger partial charge in [0, 0.05) is 5.39 Å². The van der Waals surface area contributed by atoms with Gasteiger partial charge in [0.05, 0.1) is 6.04 Å². The van der Waals surface area contributed by atoms with Gasteiger partial charge in [-0.05, 0) is 45.9 Å². The predicted molar refractivity (Wildman–Crippen MR) is 80.9 cm³/mol. The van der Waals surface area contributed by atoms with Crippen LogP contribution in [0.4, 0.5) is 9.18 Å². The number of carboxylic acids is 1. The maximum absolute atomic E-state index is 13.5. The molecule has 0 unspecified atom stereocenters. The number of nitrogens with one attached hydrogen (secondary N) is 1. The van der Waals surface area contributed by atoms with Crippen LogP contribution in [0.15, 0.2) is 22.6 Å². The molecule has 0 saturated carbocycles. The van der Waals surface area contributed by atoms with E-state index < -0.39 is 29.5 Å². The molecule has 0 aliphatic carbocycles. The van der Waals surface area contributed by atoms with Crippen LogP contribution in [0, 0.1) is 5.82 Å². The molecule has 0 radical (unpaired) electrons. The topological polar surface area (TPSA) is 88.8 Å². The zero-order valence-corrected chi connectivity index (χ0v) is 13.3. The van der Waals surface area contributed by atoms with Crippen LogP contribution < -0.4 is 5.32 Å². The number of halogens is 1. The maximum atomic E-state index is 13.5. The van der Waals surface area contributed by atoms with Crippen LogP contribution in [0.1, 0.15) is 49.9 Å². The van der Waals surface area contributed by atoms with E-state index in [2.05, 4.69) is 5.32 Å². The Bertz CT molecular complexity index is 760. The van der Waals surface area contributed by atoms with E-state index in [9.17, 15) is 14.0 Å². The van der Waals surface area contributed by atoms with Crippen molar-refractivity contribution in [3.8, 4) is 0 Å². The molecule has 0 saturated heterocycles. The molecule has 2 aromatic rings. The number of benzene rings is 1. The summed E-state index contributed by atoms with van der Waals surface area (Å²) in [6.45, 7) is 6.86. The molecule has 0 fully saturated rings. The molecule has 1 aromatic carbocycles. The normalized spacial score (nSPS) is 12.9. The summed E-state index contributed by atoms with van der Waals surface area (Å²) >= 11 is 0. The second-order valence-corrected chi connectivity index (χ2v) is 6.19. The summed E-state index contributed by atoms with van der Waals surface area (Å²) in [5.74, 6) is -1.66. The van der Waals surface area contributed by atoms with Gasteiger partial charge in [-0.1, -0.05) is 0 Å². The fourth-order valence-electron chi connectivity index (χ4n) is 2.06. The molecule has 0 spiro atoms. The third-order valence-electron chi connectivity index (χ3n) is 2.99. The van der Waals surface area contributed by atoms with Crippen molar-refractivity contribution in [2.24, 2.45) is 0 Å². The zero-order chi connectivity index (χ0) is 17.4. The van der Waals surface area contributed by atoms with E-state index in [-0.39, 0.29) is 11.1 Å². The Morgan fingerprint density at radius 2 is 1.96 bits per heavy atom. The van der Waals surface area contributed by atoms with Crippen molar-refractivity contribution in [2.45, 2.75) is 39.3 Å². The molecule has 1 heterocycles. The van der Waals surface area contributed by atoms with Crippen molar-refractivity contribution >= 4 is 23.0 Å². The fraction of sp³-hybridized carbons (Fsp3) is 0.375. The lowest BCUT2D eigenvalue weighted by atomic mass is 10.1. The molecule has 23 heavy (non-hydrogen) atoms. The number of carboxylic acid groups (broad SMARTS) is 1. The van der Waals surface area contributed by atoms with Crippen LogP contribution >= 0.6 is 0 Å². The predicted octanol–water partition coefficient (Wildman–Crippen LogP) is 3.86. The molecule has 1 aromatic heterocycles. The minimum absolute atomic E-state index is 0.0618. The van der Waals surface area contributed by atoms with Gasteiger partial charge in [-0.3, -0.25) is 0 Å². The molecule has 124 valence electrons. The molecule has 0 aliphatic rings. The van der Waals surface area contributed by atoms with Gasteiger partial charge in [-0.15, -0.1) is 0 Å². The van der Waals surface area contributed by atoms with E-state index in [1.807, 2.05) is 0 Å². The highest BCUT2D eigenvalue weighted by Crippen LogP contribution is 2.28. The first kappa shape index (κ1) is 16.8. The lowest BCUT2D eigenvalue weighted by Gasteiger charge is -2.21. The monoisotopic (exact) mass is 323 g/mol. The average molecular weight is 323 g/mol. The Labute approximate surface area is 132 Å². The maximum Gasteiger partial charge on any atom is 0.408 e. The Hall–Kier alpha value is -2.57. The van der Waals surface area contributed by atoms with Gasteiger partial charge in [-0.2, -0.15) is 0 Å². The van der Waals surface area contributed by atoms with Gasteiger partial charge in [0.1, 0.15) is 28.3 Å². The number of hydrogen-bond acceptors (Lipinski definition) is 4. The van der Waals surface area contributed by atoms with Crippen molar-refractivity contribution in [3.05, 3.63) is 35.3 Å². The van der Waals surface area contributed by atoms with Crippen molar-refractivity contribution in [2.75, 3.05) is 0 Å². The number of alkyl carbamates (subject to hydrolysis) is 1. The highest BCUT2D eigenvalue weighted by molar-refractivity contribution is 6.01. The molecule has 0 bridgehead atoms. The highest BCUT2D eigenvalue weighted by Gasteiger charge is 2.22. The number of carbonyl (C=O) groups excluding carboxylic acids is 1. The number of rotatable bonds is 3. The van der Waals surface area contributed by atoms with Crippen LogP contribution in [-0.4, -0.2) is 22.8 Å². The molecule has 7 heteroatoms. The van der Waals surface area contributed by atoms with Crippen molar-refractivity contribution in [1.29, 1.82) is 0 Å². The fourth-order valence-corrected chi connectivity index (χ4v) is 2.06. The number of hydrogen-bond donors (Lipinski definition) is 2. The van der Waals surface area contributed by atoms with Gasteiger partial charge < -0.3 is 19.6 Å². The summed E-state index contributed by atoms with van der Waals surface area (Å²) in [7, 11) is 0. The molecular weight excluding hydrogens is 305 g/mol. The number of furan rings is 1. The lowest BCUT2D eigenvalue weighted by molar-refractivity contribution is 0.0501. The first-order chi connectivity index (χ1) is 10.6. The Balaban J connectivity index is 2.28. The highest BCUT2D eigenvalue weighted by atomic mass is 19.1. The largest absolute Gasteiger partial charge is 0.478 e. The molecule has 0 aliphatic heterocycles. The van der Waals surface area contributed by atoms with Crippen molar-refractivity contribution in [1.82, 2.24) is 5.32 Å².